The Hall–Kier alpha value is -2.49. The van der Waals surface area contributed by atoms with Gasteiger partial charge in [0, 0.05) is 5.57 Å². The molecule has 0 saturated heterocycles. The normalized spacial score (nSPS) is 25.1. The molecule has 2 atom stereocenters. The maximum Gasteiger partial charge on any atom is 0.196 e. The Labute approximate surface area is 116 Å². The van der Waals surface area contributed by atoms with E-state index in [1.807, 2.05) is 6.92 Å². The van der Waals surface area contributed by atoms with Crippen molar-refractivity contribution in [3.05, 3.63) is 59.6 Å². The number of allylic oxidation sites excluding steroid dienone is 3. The van der Waals surface area contributed by atoms with Crippen LogP contribution in [0, 0.1) is 5.92 Å². The Morgan fingerprint density at radius 3 is 2.50 bits per heavy atom. The first kappa shape index (κ1) is 12.5. The highest BCUT2D eigenvalue weighted by molar-refractivity contribution is 6.29. The molecule has 2 N–H and O–H groups in total. The van der Waals surface area contributed by atoms with Crippen LogP contribution in [0.1, 0.15) is 12.5 Å². The van der Waals surface area contributed by atoms with Crippen LogP contribution in [-0.2, 0) is 9.53 Å². The SMILES string of the molecule is CC1C(O)=CC=C2C(=O)C(c3ccc(O)cc3)=COC21. The average Bonchev–Trinajstić information content (AvgIpc) is 2.45. The fraction of sp³-hybridized carbons (Fsp3) is 0.188. The third kappa shape index (κ3) is 1.90. The lowest BCUT2D eigenvalue weighted by molar-refractivity contribution is -0.112. The number of aliphatic hydroxyl groups is 1. The van der Waals surface area contributed by atoms with Crippen LogP contribution < -0.4 is 0 Å². The topological polar surface area (TPSA) is 66.8 Å². The van der Waals surface area contributed by atoms with Gasteiger partial charge in [-0.3, -0.25) is 4.79 Å². The molecule has 102 valence electrons. The van der Waals surface area contributed by atoms with Crippen LogP contribution in [0.15, 0.2) is 54.0 Å². The zero-order valence-electron chi connectivity index (χ0n) is 10.9. The van der Waals surface area contributed by atoms with E-state index < -0.39 is 6.10 Å². The van der Waals surface area contributed by atoms with Crippen molar-refractivity contribution >= 4 is 11.4 Å². The van der Waals surface area contributed by atoms with E-state index >= 15 is 0 Å². The second kappa shape index (κ2) is 4.56. The molecule has 1 aromatic rings. The predicted octanol–water partition coefficient (Wildman–Crippen LogP) is 2.72. The summed E-state index contributed by atoms with van der Waals surface area (Å²) in [7, 11) is 0. The number of rotatable bonds is 1. The number of benzene rings is 1. The highest BCUT2D eigenvalue weighted by atomic mass is 16.5. The van der Waals surface area contributed by atoms with Gasteiger partial charge in [0.05, 0.1) is 23.5 Å². The maximum atomic E-state index is 12.5. The lowest BCUT2D eigenvalue weighted by Crippen LogP contribution is -2.33. The molecular formula is C16H14O4. The number of fused-ring (bicyclic) bond motifs is 1. The summed E-state index contributed by atoms with van der Waals surface area (Å²) < 4.78 is 5.62. The van der Waals surface area contributed by atoms with Crippen LogP contribution in [0.2, 0.25) is 0 Å². The van der Waals surface area contributed by atoms with Crippen LogP contribution in [0.25, 0.3) is 5.57 Å². The Balaban J connectivity index is 1.99. The minimum atomic E-state index is -0.437. The van der Waals surface area contributed by atoms with Crippen molar-refractivity contribution in [1.29, 1.82) is 0 Å². The van der Waals surface area contributed by atoms with Gasteiger partial charge in [0.2, 0.25) is 0 Å². The van der Waals surface area contributed by atoms with Crippen molar-refractivity contribution in [2.45, 2.75) is 13.0 Å². The zero-order chi connectivity index (χ0) is 14.3. The molecule has 2 aliphatic rings. The van der Waals surface area contributed by atoms with Crippen molar-refractivity contribution in [1.82, 2.24) is 0 Å². The van der Waals surface area contributed by atoms with Crippen LogP contribution in [-0.4, -0.2) is 22.1 Å². The number of carbonyl (C=O) groups excluding carboxylic acids is 1. The molecule has 1 aliphatic heterocycles. The number of Topliss-reactive ketones (excluding diaryl/α,β-unsaturated/α-hetero) is 1. The van der Waals surface area contributed by atoms with Gasteiger partial charge in [0.25, 0.3) is 0 Å². The Morgan fingerprint density at radius 2 is 1.80 bits per heavy atom. The number of aliphatic hydroxyl groups excluding tert-OH is 1. The van der Waals surface area contributed by atoms with Gasteiger partial charge in [-0.15, -0.1) is 0 Å². The minimum Gasteiger partial charge on any atom is -0.512 e. The molecule has 0 saturated carbocycles. The monoisotopic (exact) mass is 270 g/mol. The van der Waals surface area contributed by atoms with Crippen LogP contribution >= 0.6 is 0 Å². The van der Waals surface area contributed by atoms with Crippen molar-refractivity contribution in [2.24, 2.45) is 5.92 Å². The number of ether oxygens (including phenoxy) is 1. The third-order valence-corrected chi connectivity index (χ3v) is 3.68. The van der Waals surface area contributed by atoms with Gasteiger partial charge >= 0.3 is 0 Å². The van der Waals surface area contributed by atoms with Gasteiger partial charge in [-0.05, 0) is 29.8 Å². The molecule has 0 spiro atoms. The van der Waals surface area contributed by atoms with Crippen molar-refractivity contribution < 1.29 is 19.7 Å². The van der Waals surface area contributed by atoms with E-state index in [-0.39, 0.29) is 23.2 Å². The second-order valence-electron chi connectivity index (χ2n) is 4.97. The smallest absolute Gasteiger partial charge is 0.196 e. The summed E-state index contributed by atoms with van der Waals surface area (Å²) in [5.74, 6) is 0.0157. The van der Waals surface area contributed by atoms with Gasteiger partial charge in [-0.25, -0.2) is 0 Å². The molecule has 20 heavy (non-hydrogen) atoms. The molecule has 1 aliphatic carbocycles. The minimum absolute atomic E-state index is 0.109. The van der Waals surface area contributed by atoms with E-state index in [0.29, 0.717) is 16.7 Å². The molecular weight excluding hydrogens is 256 g/mol. The first-order valence-corrected chi connectivity index (χ1v) is 6.38. The number of carbonyl (C=O) groups is 1. The molecule has 0 amide bonds. The van der Waals surface area contributed by atoms with Gasteiger partial charge in [0.1, 0.15) is 11.9 Å². The highest BCUT2D eigenvalue weighted by Crippen LogP contribution is 2.35. The van der Waals surface area contributed by atoms with Crippen LogP contribution in [0.5, 0.6) is 5.75 Å². The fourth-order valence-electron chi connectivity index (χ4n) is 2.43. The van der Waals surface area contributed by atoms with E-state index in [1.165, 1.54) is 24.5 Å². The molecule has 4 heteroatoms. The Morgan fingerprint density at radius 1 is 1.10 bits per heavy atom. The predicted molar refractivity (Wildman–Crippen MR) is 73.9 cm³/mol. The van der Waals surface area contributed by atoms with Crippen molar-refractivity contribution in [3.8, 4) is 5.75 Å². The van der Waals surface area contributed by atoms with E-state index in [0.717, 1.165) is 0 Å². The largest absolute Gasteiger partial charge is 0.512 e. The summed E-state index contributed by atoms with van der Waals surface area (Å²) >= 11 is 0. The van der Waals surface area contributed by atoms with Crippen molar-refractivity contribution in [2.75, 3.05) is 0 Å². The Kier molecular flexibility index (Phi) is 2.86. The van der Waals surface area contributed by atoms with Gasteiger partial charge in [-0.1, -0.05) is 19.1 Å². The number of hydrogen-bond donors (Lipinski definition) is 2. The second-order valence-corrected chi connectivity index (χ2v) is 4.97. The first-order valence-electron chi connectivity index (χ1n) is 6.38. The van der Waals surface area contributed by atoms with E-state index in [1.54, 1.807) is 18.2 Å². The number of phenolic OH excluding ortho intramolecular Hbond substituents is 1. The lowest BCUT2D eigenvalue weighted by atomic mass is 9.83. The van der Waals surface area contributed by atoms with Crippen LogP contribution in [0.4, 0.5) is 0 Å². The molecule has 1 heterocycles. The summed E-state index contributed by atoms with van der Waals surface area (Å²) in [4.78, 5) is 12.5. The summed E-state index contributed by atoms with van der Waals surface area (Å²) in [5.41, 5.74) is 1.69. The maximum absolute atomic E-state index is 12.5. The van der Waals surface area contributed by atoms with E-state index in [9.17, 15) is 15.0 Å². The van der Waals surface area contributed by atoms with Crippen molar-refractivity contribution in [3.63, 3.8) is 0 Å². The molecule has 1 aromatic carbocycles. The molecule has 0 fully saturated rings. The number of phenols is 1. The quantitative estimate of drug-likeness (QED) is 0.823. The molecule has 0 radical (unpaired) electrons. The summed E-state index contributed by atoms with van der Waals surface area (Å²) in [6, 6.07) is 6.39. The van der Waals surface area contributed by atoms with Gasteiger partial charge < -0.3 is 14.9 Å². The number of hydrogen-bond acceptors (Lipinski definition) is 4. The Bertz CT molecular complexity index is 650. The standard InChI is InChI=1S/C16H14O4/c1-9-14(18)7-6-12-15(19)13(8-20-16(9)12)10-2-4-11(17)5-3-10/h2-9,16-18H,1H3. The third-order valence-electron chi connectivity index (χ3n) is 3.68. The lowest BCUT2D eigenvalue weighted by Gasteiger charge is -2.31. The molecule has 2 unspecified atom stereocenters. The highest BCUT2D eigenvalue weighted by Gasteiger charge is 2.36. The van der Waals surface area contributed by atoms with Gasteiger partial charge in [0.15, 0.2) is 5.78 Å². The average molecular weight is 270 g/mol. The van der Waals surface area contributed by atoms with E-state index in [2.05, 4.69) is 0 Å². The molecule has 0 bridgehead atoms. The summed E-state index contributed by atoms with van der Waals surface area (Å²) in [5, 5.41) is 19.0. The van der Waals surface area contributed by atoms with Crippen LogP contribution in [0.3, 0.4) is 0 Å². The molecule has 3 rings (SSSR count). The zero-order valence-corrected chi connectivity index (χ0v) is 10.9. The van der Waals surface area contributed by atoms with Gasteiger partial charge in [-0.2, -0.15) is 0 Å². The van der Waals surface area contributed by atoms with E-state index in [4.69, 9.17) is 4.74 Å². The number of ketones is 1. The molecule has 0 aromatic heterocycles. The summed E-state index contributed by atoms with van der Waals surface area (Å²) in [6.07, 6.45) is 4.15. The first-order chi connectivity index (χ1) is 9.58. The molecule has 4 nitrogen and oxygen atoms in total. The summed E-state index contributed by atoms with van der Waals surface area (Å²) in [6.45, 7) is 1.82. The number of aromatic hydroxyl groups is 1. The fourth-order valence-corrected chi connectivity index (χ4v) is 2.43.